The van der Waals surface area contributed by atoms with Gasteiger partial charge in [0.2, 0.25) is 0 Å². The van der Waals surface area contributed by atoms with Crippen LogP contribution in [0.3, 0.4) is 0 Å². The Kier molecular flexibility index (Phi) is 4.38. The van der Waals surface area contributed by atoms with Crippen LogP contribution in [0, 0.1) is 6.92 Å². The van der Waals surface area contributed by atoms with E-state index in [4.69, 9.17) is 0 Å². The second-order valence-corrected chi connectivity index (χ2v) is 5.10. The molecule has 0 spiro atoms. The van der Waals surface area contributed by atoms with Gasteiger partial charge in [-0.3, -0.25) is 9.59 Å². The van der Waals surface area contributed by atoms with E-state index >= 15 is 0 Å². The quantitative estimate of drug-likeness (QED) is 0.941. The second-order valence-electron chi connectivity index (χ2n) is 5.10. The molecule has 2 amide bonds. The van der Waals surface area contributed by atoms with Gasteiger partial charge in [-0.25, -0.2) is 0 Å². The van der Waals surface area contributed by atoms with Crippen LogP contribution >= 0.6 is 0 Å². The van der Waals surface area contributed by atoms with Crippen molar-refractivity contribution < 1.29 is 9.59 Å². The SMILES string of the molecule is Cc1ccc(C(=O)Nc2cccc(C(=O)N(C)C)c2)cc1. The number of rotatable bonds is 3. The minimum atomic E-state index is -0.190. The van der Waals surface area contributed by atoms with Gasteiger partial charge in [-0.05, 0) is 37.3 Å². The molecule has 0 aromatic heterocycles. The van der Waals surface area contributed by atoms with Crippen molar-refractivity contribution in [3.05, 3.63) is 65.2 Å². The van der Waals surface area contributed by atoms with E-state index in [0.29, 0.717) is 16.8 Å². The van der Waals surface area contributed by atoms with Gasteiger partial charge < -0.3 is 10.2 Å². The molecule has 0 heterocycles. The van der Waals surface area contributed by atoms with Gasteiger partial charge in [-0.15, -0.1) is 0 Å². The number of carbonyl (C=O) groups excluding carboxylic acids is 2. The lowest BCUT2D eigenvalue weighted by Crippen LogP contribution is -2.21. The standard InChI is InChI=1S/C17H18N2O2/c1-12-7-9-13(10-8-12)16(20)18-15-6-4-5-14(11-15)17(21)19(2)3/h4-11H,1-3H3,(H,18,20). The van der Waals surface area contributed by atoms with Crippen molar-refractivity contribution in [2.75, 3.05) is 19.4 Å². The van der Waals surface area contributed by atoms with Gasteiger partial charge in [0, 0.05) is 30.9 Å². The second kappa shape index (κ2) is 6.22. The van der Waals surface area contributed by atoms with Crippen molar-refractivity contribution in [2.24, 2.45) is 0 Å². The van der Waals surface area contributed by atoms with E-state index in [0.717, 1.165) is 5.56 Å². The number of benzene rings is 2. The fourth-order valence-corrected chi connectivity index (χ4v) is 1.90. The molecule has 0 saturated heterocycles. The molecule has 0 radical (unpaired) electrons. The first-order chi connectivity index (χ1) is 9.97. The average Bonchev–Trinajstić information content (AvgIpc) is 2.47. The molecule has 4 nitrogen and oxygen atoms in total. The molecule has 4 heteroatoms. The highest BCUT2D eigenvalue weighted by atomic mass is 16.2. The Bertz CT molecular complexity index is 661. The minimum absolute atomic E-state index is 0.0959. The van der Waals surface area contributed by atoms with Gasteiger partial charge >= 0.3 is 0 Å². The first kappa shape index (κ1) is 14.8. The summed E-state index contributed by atoms with van der Waals surface area (Å²) in [4.78, 5) is 25.5. The molecule has 108 valence electrons. The predicted molar refractivity (Wildman–Crippen MR) is 83.6 cm³/mol. The maximum absolute atomic E-state index is 12.1. The Morgan fingerprint density at radius 3 is 2.24 bits per heavy atom. The van der Waals surface area contributed by atoms with Crippen LogP contribution in [0.25, 0.3) is 0 Å². The van der Waals surface area contributed by atoms with Crippen LogP contribution < -0.4 is 5.32 Å². The molecule has 0 aliphatic heterocycles. The number of carbonyl (C=O) groups is 2. The van der Waals surface area contributed by atoms with E-state index in [1.807, 2.05) is 19.1 Å². The summed E-state index contributed by atoms with van der Waals surface area (Å²) in [5, 5.41) is 2.80. The number of nitrogens with zero attached hydrogens (tertiary/aromatic N) is 1. The maximum Gasteiger partial charge on any atom is 0.255 e. The molecule has 1 N–H and O–H groups in total. The van der Waals surface area contributed by atoms with E-state index in [2.05, 4.69) is 5.32 Å². The van der Waals surface area contributed by atoms with Crippen molar-refractivity contribution in [3.63, 3.8) is 0 Å². The smallest absolute Gasteiger partial charge is 0.255 e. The summed E-state index contributed by atoms with van der Waals surface area (Å²) in [6.45, 7) is 1.97. The van der Waals surface area contributed by atoms with Crippen molar-refractivity contribution >= 4 is 17.5 Å². The maximum atomic E-state index is 12.1. The number of nitrogens with one attached hydrogen (secondary N) is 1. The van der Waals surface area contributed by atoms with Crippen molar-refractivity contribution in [1.82, 2.24) is 4.90 Å². The lowest BCUT2D eigenvalue weighted by molar-refractivity contribution is 0.0827. The van der Waals surface area contributed by atoms with E-state index < -0.39 is 0 Å². The van der Waals surface area contributed by atoms with Crippen molar-refractivity contribution in [2.45, 2.75) is 6.92 Å². The van der Waals surface area contributed by atoms with Crippen LogP contribution in [0.15, 0.2) is 48.5 Å². The number of anilines is 1. The van der Waals surface area contributed by atoms with Crippen LogP contribution in [0.4, 0.5) is 5.69 Å². The van der Waals surface area contributed by atoms with E-state index in [9.17, 15) is 9.59 Å². The molecule has 0 aliphatic rings. The van der Waals surface area contributed by atoms with Gasteiger partial charge in [0.15, 0.2) is 0 Å². The number of hydrogen-bond donors (Lipinski definition) is 1. The molecule has 21 heavy (non-hydrogen) atoms. The van der Waals surface area contributed by atoms with Crippen LogP contribution in [-0.2, 0) is 0 Å². The summed E-state index contributed by atoms with van der Waals surface area (Å²) in [5.74, 6) is -0.286. The number of aryl methyl sites for hydroxylation is 1. The predicted octanol–water partition coefficient (Wildman–Crippen LogP) is 2.95. The normalized spacial score (nSPS) is 10.0. The molecule has 0 fully saturated rings. The fraction of sp³-hybridized carbons (Fsp3) is 0.176. The summed E-state index contributed by atoms with van der Waals surface area (Å²) in [5.41, 5.74) is 2.84. The topological polar surface area (TPSA) is 49.4 Å². The van der Waals surface area contributed by atoms with Crippen LogP contribution in [0.5, 0.6) is 0 Å². The zero-order chi connectivity index (χ0) is 15.4. The molecule has 0 bridgehead atoms. The molecule has 0 aliphatic carbocycles. The highest BCUT2D eigenvalue weighted by molar-refractivity contribution is 6.05. The average molecular weight is 282 g/mol. The summed E-state index contributed by atoms with van der Waals surface area (Å²) < 4.78 is 0. The summed E-state index contributed by atoms with van der Waals surface area (Å²) in [6.07, 6.45) is 0. The highest BCUT2D eigenvalue weighted by Gasteiger charge is 2.10. The largest absolute Gasteiger partial charge is 0.345 e. The third-order valence-corrected chi connectivity index (χ3v) is 3.09. The van der Waals surface area contributed by atoms with Crippen molar-refractivity contribution in [1.29, 1.82) is 0 Å². The molecule has 0 saturated carbocycles. The van der Waals surface area contributed by atoms with Gasteiger partial charge in [-0.2, -0.15) is 0 Å². The molecule has 2 aromatic carbocycles. The summed E-state index contributed by atoms with van der Waals surface area (Å²) in [7, 11) is 3.39. The minimum Gasteiger partial charge on any atom is -0.345 e. The Balaban J connectivity index is 2.16. The molecule has 2 aromatic rings. The number of hydrogen-bond acceptors (Lipinski definition) is 2. The van der Waals surface area contributed by atoms with Crippen molar-refractivity contribution in [3.8, 4) is 0 Å². The monoisotopic (exact) mass is 282 g/mol. The molecular weight excluding hydrogens is 264 g/mol. The van der Waals surface area contributed by atoms with E-state index in [-0.39, 0.29) is 11.8 Å². The Morgan fingerprint density at radius 1 is 0.952 bits per heavy atom. The zero-order valence-corrected chi connectivity index (χ0v) is 12.4. The van der Waals surface area contributed by atoms with Gasteiger partial charge in [0.05, 0.1) is 0 Å². The molecule has 2 rings (SSSR count). The molecule has 0 unspecified atom stereocenters. The van der Waals surface area contributed by atoms with Gasteiger partial charge in [0.1, 0.15) is 0 Å². The fourth-order valence-electron chi connectivity index (χ4n) is 1.90. The highest BCUT2D eigenvalue weighted by Crippen LogP contribution is 2.14. The van der Waals surface area contributed by atoms with E-state index in [1.165, 1.54) is 4.90 Å². The third kappa shape index (κ3) is 3.69. The van der Waals surface area contributed by atoms with E-state index in [1.54, 1.807) is 50.5 Å². The van der Waals surface area contributed by atoms with Crippen LogP contribution in [0.1, 0.15) is 26.3 Å². The summed E-state index contributed by atoms with van der Waals surface area (Å²) in [6, 6.07) is 14.2. The van der Waals surface area contributed by atoms with Gasteiger partial charge in [0.25, 0.3) is 11.8 Å². The first-order valence-corrected chi connectivity index (χ1v) is 6.67. The lowest BCUT2D eigenvalue weighted by atomic mass is 10.1. The Labute approximate surface area is 124 Å². The lowest BCUT2D eigenvalue weighted by Gasteiger charge is -2.11. The van der Waals surface area contributed by atoms with Crippen LogP contribution in [0.2, 0.25) is 0 Å². The Morgan fingerprint density at radius 2 is 1.62 bits per heavy atom. The number of amides is 2. The molecular formula is C17H18N2O2. The first-order valence-electron chi connectivity index (χ1n) is 6.67. The van der Waals surface area contributed by atoms with Gasteiger partial charge in [-0.1, -0.05) is 23.8 Å². The zero-order valence-electron chi connectivity index (χ0n) is 12.4. The molecule has 0 atom stereocenters. The van der Waals surface area contributed by atoms with Crippen LogP contribution in [-0.4, -0.2) is 30.8 Å². The summed E-state index contributed by atoms with van der Waals surface area (Å²) >= 11 is 0. The Hall–Kier alpha value is -2.62. The third-order valence-electron chi connectivity index (χ3n) is 3.09.